The van der Waals surface area contributed by atoms with E-state index in [1.807, 2.05) is 0 Å². The van der Waals surface area contributed by atoms with Crippen LogP contribution in [0.3, 0.4) is 0 Å². The normalized spacial score (nSPS) is 13.0. The second kappa shape index (κ2) is 8.47. The molecular weight excluding hydrogens is 393 g/mol. The van der Waals surface area contributed by atoms with E-state index in [-0.39, 0.29) is 31.7 Å². The summed E-state index contributed by atoms with van der Waals surface area (Å²) in [5, 5.41) is 2.12. The van der Waals surface area contributed by atoms with Crippen LogP contribution in [-0.4, -0.2) is 43.8 Å². The number of carbonyl (C=O) groups is 1. The molecule has 1 aromatic carbocycles. The fourth-order valence-corrected chi connectivity index (χ4v) is 3.66. The molecule has 11 heteroatoms. The van der Waals surface area contributed by atoms with Crippen LogP contribution in [0.5, 0.6) is 0 Å². The molecule has 0 aliphatic rings. The minimum Gasteiger partial charge on any atom is -1.00 e. The molecule has 0 saturated heterocycles. The van der Waals surface area contributed by atoms with Crippen LogP contribution in [0, 0.1) is 6.92 Å². The van der Waals surface area contributed by atoms with Gasteiger partial charge in [-0.1, -0.05) is 33.6 Å². The SMILES string of the molecule is Cc1ccc(S(=O)(=O)C(Br)C(=O)NCCS(=O)(=O)O)cc1.[H-].[Li+]. The Morgan fingerprint density at radius 1 is 1.27 bits per heavy atom. The number of amides is 1. The van der Waals surface area contributed by atoms with Crippen molar-refractivity contribution in [3.05, 3.63) is 29.8 Å². The molecular formula is C11H15BrLiNO6S2. The number of benzene rings is 1. The first kappa shape index (κ1) is 21.6. The van der Waals surface area contributed by atoms with Crippen LogP contribution in [0.4, 0.5) is 0 Å². The summed E-state index contributed by atoms with van der Waals surface area (Å²) in [5.74, 6) is -1.59. The molecule has 22 heavy (non-hydrogen) atoms. The Hall–Kier alpha value is -0.373. The number of hydrogen-bond acceptors (Lipinski definition) is 5. The van der Waals surface area contributed by atoms with Crippen LogP contribution < -0.4 is 24.2 Å². The Labute approximate surface area is 151 Å². The zero-order chi connectivity index (χ0) is 16.3. The van der Waals surface area contributed by atoms with Crippen LogP contribution in [0.2, 0.25) is 0 Å². The summed E-state index contributed by atoms with van der Waals surface area (Å²) in [6.45, 7) is 1.41. The van der Waals surface area contributed by atoms with Gasteiger partial charge in [0.1, 0.15) is 0 Å². The fraction of sp³-hybridized carbons (Fsp3) is 0.364. The molecule has 7 nitrogen and oxygen atoms in total. The van der Waals surface area contributed by atoms with Gasteiger partial charge in [0.25, 0.3) is 10.1 Å². The van der Waals surface area contributed by atoms with E-state index in [9.17, 15) is 21.6 Å². The van der Waals surface area contributed by atoms with Gasteiger partial charge in [0.05, 0.1) is 10.6 Å². The minimum absolute atomic E-state index is 0. The molecule has 0 bridgehead atoms. The number of sulfone groups is 1. The maximum Gasteiger partial charge on any atom is 1.00 e. The monoisotopic (exact) mass is 407 g/mol. The molecule has 1 unspecified atom stereocenters. The molecule has 1 rings (SSSR count). The molecule has 0 radical (unpaired) electrons. The van der Waals surface area contributed by atoms with Crippen molar-refractivity contribution in [3.63, 3.8) is 0 Å². The first-order chi connectivity index (χ1) is 9.54. The Morgan fingerprint density at radius 3 is 2.23 bits per heavy atom. The molecule has 0 saturated carbocycles. The van der Waals surface area contributed by atoms with Crippen LogP contribution in [0.1, 0.15) is 6.99 Å². The van der Waals surface area contributed by atoms with Crippen molar-refractivity contribution in [2.45, 2.75) is 16.0 Å². The van der Waals surface area contributed by atoms with Gasteiger partial charge >= 0.3 is 18.9 Å². The summed E-state index contributed by atoms with van der Waals surface area (Å²) in [6.07, 6.45) is 0. The maximum absolute atomic E-state index is 12.2. The summed E-state index contributed by atoms with van der Waals surface area (Å²) >= 11 is 2.79. The third kappa shape index (κ3) is 6.40. The van der Waals surface area contributed by atoms with Crippen molar-refractivity contribution < 1.29 is 46.5 Å². The standard InChI is InChI=1S/C11H14BrNO6S2.Li.H/c1-8-2-4-9(5-3-8)21(18,19)10(12)11(14)13-6-7-20(15,16)17;;/h2-5,10H,6-7H2,1H3,(H,13,14)(H,15,16,17);;/q;+1;-1. The van der Waals surface area contributed by atoms with Crippen LogP contribution in [0.25, 0.3) is 0 Å². The predicted molar refractivity (Wildman–Crippen MR) is 81.6 cm³/mol. The molecule has 0 aliphatic carbocycles. The van der Waals surface area contributed by atoms with Gasteiger partial charge in [0.2, 0.25) is 5.91 Å². The summed E-state index contributed by atoms with van der Waals surface area (Å²) < 4.78 is 52.3. The quantitative estimate of drug-likeness (QED) is 0.308. The molecule has 120 valence electrons. The molecule has 0 heterocycles. The van der Waals surface area contributed by atoms with E-state index < -0.39 is 35.8 Å². The number of aryl methyl sites for hydroxylation is 1. The number of alkyl halides is 1. The van der Waals surface area contributed by atoms with Crippen LogP contribution >= 0.6 is 15.9 Å². The van der Waals surface area contributed by atoms with Gasteiger partial charge in [0, 0.05) is 6.54 Å². The van der Waals surface area contributed by atoms with Gasteiger partial charge in [-0.15, -0.1) is 0 Å². The second-order valence-corrected chi connectivity index (χ2v) is 9.38. The van der Waals surface area contributed by atoms with Gasteiger partial charge in [-0.05, 0) is 19.1 Å². The number of halogens is 1. The third-order valence-electron chi connectivity index (χ3n) is 2.49. The summed E-state index contributed by atoms with van der Waals surface area (Å²) in [7, 11) is -8.15. The van der Waals surface area contributed by atoms with E-state index in [4.69, 9.17) is 4.55 Å². The van der Waals surface area contributed by atoms with Crippen molar-refractivity contribution in [1.29, 1.82) is 0 Å². The van der Waals surface area contributed by atoms with E-state index >= 15 is 0 Å². The smallest absolute Gasteiger partial charge is 1.00 e. The van der Waals surface area contributed by atoms with Crippen molar-refractivity contribution in [2.24, 2.45) is 0 Å². The fourth-order valence-electron chi connectivity index (χ4n) is 1.37. The maximum atomic E-state index is 12.2. The van der Waals surface area contributed by atoms with Crippen molar-refractivity contribution in [1.82, 2.24) is 5.32 Å². The summed E-state index contributed by atoms with van der Waals surface area (Å²) in [6, 6.07) is 5.96. The summed E-state index contributed by atoms with van der Waals surface area (Å²) in [4.78, 5) is 11.7. The first-order valence-electron chi connectivity index (χ1n) is 5.71. The average molecular weight is 408 g/mol. The number of hydrogen-bond donors (Lipinski definition) is 2. The van der Waals surface area contributed by atoms with Gasteiger partial charge < -0.3 is 6.74 Å². The Morgan fingerprint density at radius 2 is 1.77 bits per heavy atom. The zero-order valence-electron chi connectivity index (χ0n) is 13.0. The molecule has 1 aromatic rings. The average Bonchev–Trinajstić information content (AvgIpc) is 2.36. The largest absolute Gasteiger partial charge is 1.00 e. The van der Waals surface area contributed by atoms with Crippen molar-refractivity contribution >= 4 is 41.8 Å². The number of nitrogens with one attached hydrogen (secondary N) is 1. The summed E-state index contributed by atoms with van der Waals surface area (Å²) in [5.41, 5.74) is 0.873. The Balaban J connectivity index is 0. The van der Waals surface area contributed by atoms with Gasteiger partial charge in [0.15, 0.2) is 14.0 Å². The first-order valence-corrected chi connectivity index (χ1v) is 9.78. The van der Waals surface area contributed by atoms with E-state index in [0.29, 0.717) is 0 Å². The van der Waals surface area contributed by atoms with Crippen LogP contribution in [0.15, 0.2) is 29.2 Å². The predicted octanol–water partition coefficient (Wildman–Crippen LogP) is -2.39. The topological polar surface area (TPSA) is 118 Å². The number of rotatable bonds is 6. The van der Waals surface area contributed by atoms with Gasteiger partial charge in [-0.2, -0.15) is 8.42 Å². The van der Waals surface area contributed by atoms with E-state index in [1.165, 1.54) is 12.1 Å². The molecule has 1 atom stereocenters. The number of carbonyl (C=O) groups excluding carboxylic acids is 1. The Kier molecular flexibility index (Phi) is 8.33. The molecule has 0 aromatic heterocycles. The van der Waals surface area contributed by atoms with E-state index in [1.54, 1.807) is 19.1 Å². The Bertz CT molecular complexity index is 723. The molecule has 0 fully saturated rings. The van der Waals surface area contributed by atoms with Crippen LogP contribution in [-0.2, 0) is 24.7 Å². The minimum atomic E-state index is -4.22. The van der Waals surface area contributed by atoms with E-state index in [0.717, 1.165) is 5.56 Å². The molecule has 1 amide bonds. The molecule has 0 spiro atoms. The van der Waals surface area contributed by atoms with Crippen molar-refractivity contribution in [2.75, 3.05) is 12.3 Å². The molecule has 2 N–H and O–H groups in total. The zero-order valence-corrected chi connectivity index (χ0v) is 15.2. The van der Waals surface area contributed by atoms with Crippen molar-refractivity contribution in [3.8, 4) is 0 Å². The second-order valence-electron chi connectivity index (χ2n) is 4.25. The van der Waals surface area contributed by atoms with Gasteiger partial charge in [-0.25, -0.2) is 8.42 Å². The third-order valence-corrected chi connectivity index (χ3v) is 6.79. The molecule has 0 aliphatic heterocycles. The van der Waals surface area contributed by atoms with Gasteiger partial charge in [-0.3, -0.25) is 9.35 Å². The van der Waals surface area contributed by atoms with E-state index in [2.05, 4.69) is 21.2 Å².